The van der Waals surface area contributed by atoms with E-state index in [2.05, 4.69) is 15.9 Å². The number of hydrogen-bond donors (Lipinski definition) is 0. The van der Waals surface area contributed by atoms with Crippen molar-refractivity contribution in [3.63, 3.8) is 0 Å². The van der Waals surface area contributed by atoms with E-state index in [-0.39, 0.29) is 28.4 Å². The normalized spacial score (nSPS) is 11.8. The molecule has 1 aromatic carbocycles. The van der Waals surface area contributed by atoms with Gasteiger partial charge in [-0.05, 0) is 48.0 Å². The summed E-state index contributed by atoms with van der Waals surface area (Å²) in [5, 5.41) is 8.58. The maximum absolute atomic E-state index is 13.4. The molecule has 0 N–H and O–H groups in total. The van der Waals surface area contributed by atoms with E-state index in [9.17, 15) is 12.8 Å². The average Bonchev–Trinajstić information content (AvgIpc) is 2.32. The Morgan fingerprint density at radius 3 is 2.58 bits per heavy atom. The van der Waals surface area contributed by atoms with Crippen LogP contribution in [0.4, 0.5) is 4.39 Å². The van der Waals surface area contributed by atoms with Crippen molar-refractivity contribution < 1.29 is 12.8 Å². The molecule has 7 heteroatoms. The monoisotopic (exact) mass is 348 g/mol. The van der Waals surface area contributed by atoms with Crippen LogP contribution in [-0.2, 0) is 10.0 Å². The summed E-state index contributed by atoms with van der Waals surface area (Å²) >= 11 is 2.98. The van der Waals surface area contributed by atoms with Gasteiger partial charge in [0.05, 0.1) is 15.4 Å². The Bertz CT molecular complexity index is 596. The zero-order valence-corrected chi connectivity index (χ0v) is 13.0. The summed E-state index contributed by atoms with van der Waals surface area (Å²) in [5.41, 5.74) is 0. The number of sulfonamides is 1. The zero-order valence-electron chi connectivity index (χ0n) is 10.6. The van der Waals surface area contributed by atoms with E-state index < -0.39 is 15.8 Å². The van der Waals surface area contributed by atoms with Crippen molar-refractivity contribution >= 4 is 26.0 Å². The summed E-state index contributed by atoms with van der Waals surface area (Å²) in [4.78, 5) is -0.111. The molecule has 0 spiro atoms. The van der Waals surface area contributed by atoms with Gasteiger partial charge in [-0.25, -0.2) is 12.8 Å². The summed E-state index contributed by atoms with van der Waals surface area (Å²) in [6.45, 7) is 3.52. The average molecular weight is 349 g/mol. The van der Waals surface area contributed by atoms with E-state index in [0.29, 0.717) is 0 Å². The fourth-order valence-corrected chi connectivity index (χ4v) is 3.49. The van der Waals surface area contributed by atoms with Crippen molar-refractivity contribution in [2.24, 2.45) is 0 Å². The number of hydrogen-bond acceptors (Lipinski definition) is 3. The molecular formula is C12H14BrFN2O2S. The molecule has 104 valence electrons. The SMILES string of the molecule is CC(C)N(CCC#N)S(=O)(=O)c1ccc(Br)c(F)c1. The van der Waals surface area contributed by atoms with Gasteiger partial charge in [0.2, 0.25) is 10.0 Å². The second-order valence-corrected chi connectivity index (χ2v) is 6.94. The number of nitriles is 1. The van der Waals surface area contributed by atoms with Crippen LogP contribution in [0.3, 0.4) is 0 Å². The van der Waals surface area contributed by atoms with Gasteiger partial charge in [0, 0.05) is 19.0 Å². The second kappa shape index (κ2) is 6.46. The molecule has 4 nitrogen and oxygen atoms in total. The lowest BCUT2D eigenvalue weighted by atomic mass is 10.3. The maximum Gasteiger partial charge on any atom is 0.243 e. The Hall–Kier alpha value is -0.970. The molecule has 0 aliphatic carbocycles. The molecule has 1 rings (SSSR count). The van der Waals surface area contributed by atoms with Crippen LogP contribution >= 0.6 is 15.9 Å². The lowest BCUT2D eigenvalue weighted by molar-refractivity contribution is 0.360. The molecule has 19 heavy (non-hydrogen) atoms. The minimum Gasteiger partial charge on any atom is -0.207 e. The predicted octanol–water partition coefficient (Wildman–Crippen LogP) is 2.90. The highest BCUT2D eigenvalue weighted by Gasteiger charge is 2.27. The van der Waals surface area contributed by atoms with E-state index in [1.807, 2.05) is 6.07 Å². The predicted molar refractivity (Wildman–Crippen MR) is 73.4 cm³/mol. The summed E-state index contributed by atoms with van der Waals surface area (Å²) in [5.74, 6) is -0.634. The molecule has 0 aliphatic heterocycles. The molecule has 0 radical (unpaired) electrons. The van der Waals surface area contributed by atoms with Crippen LogP contribution in [-0.4, -0.2) is 25.3 Å². The van der Waals surface area contributed by atoms with Crippen molar-refractivity contribution in [3.8, 4) is 6.07 Å². The zero-order chi connectivity index (χ0) is 14.6. The molecule has 0 amide bonds. The third-order valence-electron chi connectivity index (χ3n) is 2.52. The highest BCUT2D eigenvalue weighted by atomic mass is 79.9. The van der Waals surface area contributed by atoms with Crippen LogP contribution in [0.5, 0.6) is 0 Å². The Kier molecular flexibility index (Phi) is 5.47. The van der Waals surface area contributed by atoms with Gasteiger partial charge < -0.3 is 0 Å². The fraction of sp³-hybridized carbons (Fsp3) is 0.417. The van der Waals surface area contributed by atoms with Crippen LogP contribution in [0.25, 0.3) is 0 Å². The van der Waals surface area contributed by atoms with E-state index in [1.165, 1.54) is 16.4 Å². The standard InChI is InChI=1S/C12H14BrFN2O2S/c1-9(2)16(7-3-6-15)19(17,18)10-4-5-11(13)12(14)8-10/h4-5,8-9H,3,7H2,1-2H3. The van der Waals surface area contributed by atoms with Gasteiger partial charge in [-0.3, -0.25) is 0 Å². The Balaban J connectivity index is 3.19. The first-order valence-electron chi connectivity index (χ1n) is 5.64. The minimum atomic E-state index is -3.79. The first-order valence-corrected chi connectivity index (χ1v) is 7.88. The lowest BCUT2D eigenvalue weighted by Crippen LogP contribution is -2.37. The molecular weight excluding hydrogens is 335 g/mol. The van der Waals surface area contributed by atoms with Crippen LogP contribution in [0.15, 0.2) is 27.6 Å². The molecule has 0 saturated carbocycles. The summed E-state index contributed by atoms with van der Waals surface area (Å²) in [7, 11) is -3.79. The number of halogens is 2. The quantitative estimate of drug-likeness (QED) is 0.821. The van der Waals surface area contributed by atoms with Gasteiger partial charge in [-0.1, -0.05) is 0 Å². The van der Waals surface area contributed by atoms with Gasteiger partial charge in [0.15, 0.2) is 0 Å². The highest BCUT2D eigenvalue weighted by molar-refractivity contribution is 9.10. The number of nitrogens with zero attached hydrogens (tertiary/aromatic N) is 2. The van der Waals surface area contributed by atoms with Crippen molar-refractivity contribution in [1.82, 2.24) is 4.31 Å². The maximum atomic E-state index is 13.4. The van der Waals surface area contributed by atoms with Gasteiger partial charge >= 0.3 is 0 Å². The molecule has 0 heterocycles. The van der Waals surface area contributed by atoms with E-state index in [0.717, 1.165) is 6.07 Å². The van der Waals surface area contributed by atoms with Crippen molar-refractivity contribution in [2.45, 2.75) is 31.2 Å². The van der Waals surface area contributed by atoms with Crippen molar-refractivity contribution in [3.05, 3.63) is 28.5 Å². The largest absolute Gasteiger partial charge is 0.243 e. The number of rotatable bonds is 5. The summed E-state index contributed by atoms with van der Waals surface area (Å²) < 4.78 is 39.6. The van der Waals surface area contributed by atoms with Gasteiger partial charge in [0.1, 0.15) is 5.82 Å². The smallest absolute Gasteiger partial charge is 0.207 e. The summed E-state index contributed by atoms with van der Waals surface area (Å²) in [6, 6.07) is 5.27. The highest BCUT2D eigenvalue weighted by Crippen LogP contribution is 2.23. The fourth-order valence-electron chi connectivity index (χ4n) is 1.59. The van der Waals surface area contributed by atoms with Crippen molar-refractivity contribution in [2.75, 3.05) is 6.54 Å². The molecule has 0 unspecified atom stereocenters. The van der Waals surface area contributed by atoms with Crippen LogP contribution in [0.1, 0.15) is 20.3 Å². The van der Waals surface area contributed by atoms with Gasteiger partial charge in [0.25, 0.3) is 0 Å². The van der Waals surface area contributed by atoms with Crippen LogP contribution in [0.2, 0.25) is 0 Å². The molecule has 0 fully saturated rings. The Labute approximate surface area is 121 Å². The Morgan fingerprint density at radius 1 is 1.47 bits per heavy atom. The molecule has 0 aromatic heterocycles. The molecule has 0 atom stereocenters. The van der Waals surface area contributed by atoms with Crippen molar-refractivity contribution in [1.29, 1.82) is 5.26 Å². The van der Waals surface area contributed by atoms with E-state index in [4.69, 9.17) is 5.26 Å². The second-order valence-electron chi connectivity index (χ2n) is 4.19. The molecule has 0 aliphatic rings. The third-order valence-corrected chi connectivity index (χ3v) is 5.23. The summed E-state index contributed by atoms with van der Waals surface area (Å²) in [6.07, 6.45) is 0.0937. The number of benzene rings is 1. The van der Waals surface area contributed by atoms with Crippen LogP contribution < -0.4 is 0 Å². The first-order chi connectivity index (χ1) is 8.80. The molecule has 0 bridgehead atoms. The molecule has 0 saturated heterocycles. The van der Waals surface area contributed by atoms with Crippen LogP contribution in [0, 0.1) is 17.1 Å². The minimum absolute atomic E-state index is 0.0915. The first kappa shape index (κ1) is 16.1. The van der Waals surface area contributed by atoms with E-state index in [1.54, 1.807) is 13.8 Å². The topological polar surface area (TPSA) is 61.2 Å². The molecule has 1 aromatic rings. The van der Waals surface area contributed by atoms with Gasteiger partial charge in [-0.15, -0.1) is 0 Å². The third kappa shape index (κ3) is 3.75. The Morgan fingerprint density at radius 2 is 2.11 bits per heavy atom. The van der Waals surface area contributed by atoms with Gasteiger partial charge in [-0.2, -0.15) is 9.57 Å². The lowest BCUT2D eigenvalue weighted by Gasteiger charge is -2.25. The van der Waals surface area contributed by atoms with E-state index >= 15 is 0 Å².